The first-order valence-electron chi connectivity index (χ1n) is 7.11. The molecule has 7 heteroatoms. The first kappa shape index (κ1) is 16.2. The summed E-state index contributed by atoms with van der Waals surface area (Å²) in [4.78, 5) is 22.1. The van der Waals surface area contributed by atoms with Crippen LogP contribution in [0.1, 0.15) is 5.56 Å². The molecule has 4 nitrogen and oxygen atoms in total. The maximum atomic E-state index is 13.7. The topological polar surface area (TPSA) is 46.1 Å². The van der Waals surface area contributed by atoms with Crippen LogP contribution in [0.15, 0.2) is 48.1 Å². The fraction of sp³-hybridized carbons (Fsp3) is 0.118. The highest BCUT2D eigenvalue weighted by Gasteiger charge is 2.17. The largest absolute Gasteiger partial charge is 0.291 e. The number of benzene rings is 1. The summed E-state index contributed by atoms with van der Waals surface area (Å²) in [6, 6.07) is 6.84. The number of halogens is 2. The second kappa shape index (κ2) is 6.84. The lowest BCUT2D eigenvalue weighted by Gasteiger charge is -2.14. The molecule has 0 bridgehead atoms. The summed E-state index contributed by atoms with van der Waals surface area (Å²) >= 11 is 1.32. The normalized spacial score (nSPS) is 10.6. The monoisotopic (exact) mass is 345 g/mol. The number of pyridine rings is 1. The minimum absolute atomic E-state index is 0.152. The predicted molar refractivity (Wildman–Crippen MR) is 88.8 cm³/mol. The Bertz CT molecular complexity index is 867. The summed E-state index contributed by atoms with van der Waals surface area (Å²) in [5, 5.41) is 2.35. The maximum absolute atomic E-state index is 13.7. The van der Waals surface area contributed by atoms with Crippen LogP contribution >= 0.6 is 11.3 Å². The molecule has 2 heterocycles. The van der Waals surface area contributed by atoms with Gasteiger partial charge in [0.15, 0.2) is 5.13 Å². The number of carbonyl (C=O) groups excluding carboxylic acids is 1. The summed E-state index contributed by atoms with van der Waals surface area (Å²) < 4.78 is 26.6. The van der Waals surface area contributed by atoms with Crippen LogP contribution in [0, 0.1) is 11.6 Å². The molecule has 0 radical (unpaired) electrons. The van der Waals surface area contributed by atoms with Crippen molar-refractivity contribution < 1.29 is 13.6 Å². The van der Waals surface area contributed by atoms with Crippen LogP contribution in [-0.4, -0.2) is 22.9 Å². The Morgan fingerprint density at radius 3 is 2.67 bits per heavy atom. The van der Waals surface area contributed by atoms with E-state index in [0.717, 1.165) is 23.4 Å². The van der Waals surface area contributed by atoms with Crippen LogP contribution in [0.25, 0.3) is 11.3 Å². The Morgan fingerprint density at radius 1 is 1.21 bits per heavy atom. The quantitative estimate of drug-likeness (QED) is 0.724. The average molecular weight is 345 g/mol. The van der Waals surface area contributed by atoms with Gasteiger partial charge in [-0.25, -0.2) is 13.8 Å². The van der Waals surface area contributed by atoms with Crippen molar-refractivity contribution >= 4 is 22.4 Å². The molecule has 0 aliphatic heterocycles. The molecule has 122 valence electrons. The van der Waals surface area contributed by atoms with Gasteiger partial charge in [-0.15, -0.1) is 11.3 Å². The van der Waals surface area contributed by atoms with E-state index in [4.69, 9.17) is 0 Å². The first-order chi connectivity index (χ1) is 11.5. The molecule has 3 aromatic rings. The molecule has 0 N–H and O–H groups in total. The van der Waals surface area contributed by atoms with E-state index in [1.807, 2.05) is 17.5 Å². The van der Waals surface area contributed by atoms with E-state index in [0.29, 0.717) is 5.13 Å². The number of aromatic nitrogens is 2. The van der Waals surface area contributed by atoms with Crippen molar-refractivity contribution in [2.45, 2.75) is 6.42 Å². The minimum Gasteiger partial charge on any atom is -0.291 e. The molecular weight excluding hydrogens is 332 g/mol. The highest BCUT2D eigenvalue weighted by atomic mass is 32.1. The summed E-state index contributed by atoms with van der Waals surface area (Å²) in [5.74, 6) is -1.72. The number of hydrogen-bond donors (Lipinski definition) is 0. The Morgan fingerprint density at radius 2 is 1.96 bits per heavy atom. The van der Waals surface area contributed by atoms with Crippen molar-refractivity contribution in [2.24, 2.45) is 0 Å². The molecule has 0 unspecified atom stereocenters. The molecule has 0 fully saturated rings. The lowest BCUT2D eigenvalue weighted by Crippen LogP contribution is -2.28. The lowest BCUT2D eigenvalue weighted by molar-refractivity contribution is -0.117. The lowest BCUT2D eigenvalue weighted by atomic mass is 10.1. The fourth-order valence-corrected chi connectivity index (χ4v) is 2.94. The van der Waals surface area contributed by atoms with Gasteiger partial charge >= 0.3 is 0 Å². The summed E-state index contributed by atoms with van der Waals surface area (Å²) in [5.41, 5.74) is 1.79. The molecule has 1 aromatic carbocycles. The zero-order valence-corrected chi connectivity index (χ0v) is 13.6. The molecule has 1 amide bonds. The Labute approximate surface area is 141 Å². The van der Waals surface area contributed by atoms with Crippen molar-refractivity contribution in [2.75, 3.05) is 11.9 Å². The van der Waals surface area contributed by atoms with Crippen LogP contribution in [0.4, 0.5) is 13.9 Å². The van der Waals surface area contributed by atoms with E-state index in [1.54, 1.807) is 19.4 Å². The third-order valence-corrected chi connectivity index (χ3v) is 4.40. The summed E-state index contributed by atoms with van der Waals surface area (Å²) in [6.45, 7) is 0. The Kier molecular flexibility index (Phi) is 4.61. The number of anilines is 1. The predicted octanol–water partition coefficient (Wildman–Crippen LogP) is 3.69. The van der Waals surface area contributed by atoms with E-state index in [-0.39, 0.29) is 17.9 Å². The number of nitrogens with zero attached hydrogens (tertiary/aromatic N) is 3. The van der Waals surface area contributed by atoms with E-state index >= 15 is 0 Å². The summed E-state index contributed by atoms with van der Waals surface area (Å²) in [6.07, 6.45) is 3.17. The highest BCUT2D eigenvalue weighted by Crippen LogP contribution is 2.27. The highest BCUT2D eigenvalue weighted by molar-refractivity contribution is 7.14. The van der Waals surface area contributed by atoms with Gasteiger partial charge in [-0.2, -0.15) is 0 Å². The van der Waals surface area contributed by atoms with Crippen LogP contribution in [-0.2, 0) is 11.2 Å². The molecule has 0 atom stereocenters. The maximum Gasteiger partial charge on any atom is 0.233 e. The molecule has 0 aliphatic carbocycles. The van der Waals surface area contributed by atoms with Crippen molar-refractivity contribution in [1.82, 2.24) is 9.97 Å². The number of thiazole rings is 1. The van der Waals surface area contributed by atoms with Crippen molar-refractivity contribution in [1.29, 1.82) is 0 Å². The summed E-state index contributed by atoms with van der Waals surface area (Å²) in [7, 11) is 1.58. The second-order valence-corrected chi connectivity index (χ2v) is 5.95. The van der Waals surface area contributed by atoms with Crippen LogP contribution in [0.3, 0.4) is 0 Å². The standard InChI is InChI=1S/C17H13F2N3OS/c1-22(16(23)8-12-2-3-13(18)9-14(12)19)17-21-15(10-24-17)11-4-6-20-7-5-11/h2-7,9-10H,8H2,1H3. The van der Waals surface area contributed by atoms with E-state index < -0.39 is 11.6 Å². The third kappa shape index (κ3) is 3.46. The third-order valence-electron chi connectivity index (χ3n) is 3.49. The van der Waals surface area contributed by atoms with Crippen LogP contribution < -0.4 is 4.90 Å². The van der Waals surface area contributed by atoms with Gasteiger partial charge in [-0.3, -0.25) is 14.7 Å². The first-order valence-corrected chi connectivity index (χ1v) is 7.99. The molecule has 24 heavy (non-hydrogen) atoms. The van der Waals surface area contributed by atoms with Gasteiger partial charge in [-0.1, -0.05) is 6.07 Å². The number of rotatable bonds is 4. The number of hydrogen-bond acceptors (Lipinski definition) is 4. The molecule has 0 saturated carbocycles. The van der Waals surface area contributed by atoms with Crippen LogP contribution in [0.2, 0.25) is 0 Å². The van der Waals surface area contributed by atoms with E-state index in [9.17, 15) is 13.6 Å². The van der Waals surface area contributed by atoms with Gasteiger partial charge < -0.3 is 0 Å². The molecule has 3 rings (SSSR count). The van der Waals surface area contributed by atoms with E-state index in [1.165, 1.54) is 22.3 Å². The molecule has 0 aliphatic rings. The average Bonchev–Trinajstić information content (AvgIpc) is 3.07. The second-order valence-electron chi connectivity index (χ2n) is 5.12. The smallest absolute Gasteiger partial charge is 0.233 e. The van der Waals surface area contributed by atoms with Crippen molar-refractivity contribution in [3.8, 4) is 11.3 Å². The molecule has 2 aromatic heterocycles. The number of amides is 1. The molecule has 0 spiro atoms. The zero-order chi connectivity index (χ0) is 17.1. The minimum atomic E-state index is -0.728. The number of carbonyl (C=O) groups is 1. The van der Waals surface area contributed by atoms with Crippen molar-refractivity contribution in [3.63, 3.8) is 0 Å². The van der Waals surface area contributed by atoms with Gasteiger partial charge in [0.25, 0.3) is 0 Å². The van der Waals surface area contributed by atoms with Gasteiger partial charge in [0.05, 0.1) is 12.1 Å². The Hall–Kier alpha value is -2.67. The fourth-order valence-electron chi connectivity index (χ4n) is 2.13. The van der Waals surface area contributed by atoms with Crippen molar-refractivity contribution in [3.05, 3.63) is 65.3 Å². The zero-order valence-electron chi connectivity index (χ0n) is 12.7. The molecule has 0 saturated heterocycles. The van der Waals surface area contributed by atoms with E-state index in [2.05, 4.69) is 9.97 Å². The SMILES string of the molecule is CN(C(=O)Cc1ccc(F)cc1F)c1nc(-c2ccncc2)cs1. The van der Waals surface area contributed by atoms with Crippen LogP contribution in [0.5, 0.6) is 0 Å². The van der Waals surface area contributed by atoms with Gasteiger partial charge in [0.1, 0.15) is 11.6 Å². The van der Waals surface area contributed by atoms with Gasteiger partial charge in [0, 0.05) is 36.5 Å². The van der Waals surface area contributed by atoms with Gasteiger partial charge in [0.2, 0.25) is 5.91 Å². The van der Waals surface area contributed by atoms with Gasteiger partial charge in [-0.05, 0) is 23.8 Å². The number of likely N-dealkylation sites (N-methyl/N-ethyl adjacent to an activating group) is 1. The Balaban J connectivity index is 1.75. The molecular formula is C17H13F2N3OS.